The van der Waals surface area contributed by atoms with Crippen LogP contribution in [0, 0.1) is 11.6 Å². The van der Waals surface area contributed by atoms with Crippen molar-refractivity contribution in [2.45, 2.75) is 31.2 Å². The first-order chi connectivity index (χ1) is 12.0. The zero-order valence-electron chi connectivity index (χ0n) is 14.3. The third kappa shape index (κ3) is 4.49. The molecular formula is C16H18BrF2N3O3S. The highest BCUT2D eigenvalue weighted by Crippen LogP contribution is 2.24. The van der Waals surface area contributed by atoms with Gasteiger partial charge in [-0.05, 0) is 41.4 Å². The van der Waals surface area contributed by atoms with Gasteiger partial charge in [0.1, 0.15) is 10.6 Å². The Bertz CT molecular complexity index is 921. The van der Waals surface area contributed by atoms with Gasteiger partial charge in [0.05, 0.1) is 4.47 Å². The first-order valence-corrected chi connectivity index (χ1v) is 9.97. The van der Waals surface area contributed by atoms with Crippen LogP contribution in [0.1, 0.15) is 30.8 Å². The van der Waals surface area contributed by atoms with E-state index in [-0.39, 0.29) is 26.8 Å². The largest absolute Gasteiger partial charge is 0.345 e. The van der Waals surface area contributed by atoms with E-state index in [1.165, 1.54) is 29.9 Å². The molecule has 0 aliphatic rings. The second kappa shape index (κ2) is 7.85. The number of aryl methyl sites for hydroxylation is 1. The van der Waals surface area contributed by atoms with E-state index >= 15 is 0 Å². The van der Waals surface area contributed by atoms with Gasteiger partial charge in [-0.1, -0.05) is 6.92 Å². The number of anilines is 1. The minimum absolute atomic E-state index is 0.0316. The Hall–Kier alpha value is -1.78. The van der Waals surface area contributed by atoms with E-state index in [4.69, 9.17) is 0 Å². The fraction of sp³-hybridized carbons (Fsp3) is 0.312. The molecule has 1 amide bonds. The lowest BCUT2D eigenvalue weighted by atomic mass is 10.3. The lowest BCUT2D eigenvalue weighted by molar-refractivity contribution is 0.101. The van der Waals surface area contributed by atoms with Crippen LogP contribution in [0.2, 0.25) is 0 Å². The highest BCUT2D eigenvalue weighted by Gasteiger charge is 2.22. The van der Waals surface area contributed by atoms with E-state index in [1.807, 2.05) is 6.92 Å². The van der Waals surface area contributed by atoms with Crippen LogP contribution in [0.5, 0.6) is 0 Å². The Morgan fingerprint density at radius 1 is 1.31 bits per heavy atom. The third-order valence-corrected chi connectivity index (χ3v) is 5.87. The summed E-state index contributed by atoms with van der Waals surface area (Å²) in [7, 11) is -2.25. The predicted molar refractivity (Wildman–Crippen MR) is 97.5 cm³/mol. The van der Waals surface area contributed by atoms with Crippen molar-refractivity contribution in [1.29, 1.82) is 0 Å². The molecule has 2 rings (SSSR count). The molecule has 1 unspecified atom stereocenters. The molecule has 1 aromatic heterocycles. The van der Waals surface area contributed by atoms with Gasteiger partial charge in [-0.2, -0.15) is 0 Å². The summed E-state index contributed by atoms with van der Waals surface area (Å²) in [4.78, 5) is 12.3. The predicted octanol–water partition coefficient (Wildman–Crippen LogP) is 3.39. The average Bonchev–Trinajstić information content (AvgIpc) is 2.95. The normalized spacial score (nSPS) is 12.8. The van der Waals surface area contributed by atoms with Crippen molar-refractivity contribution in [3.8, 4) is 0 Å². The van der Waals surface area contributed by atoms with Gasteiger partial charge < -0.3 is 9.88 Å². The average molecular weight is 450 g/mol. The lowest BCUT2D eigenvalue weighted by Crippen LogP contribution is -2.31. The molecule has 6 nitrogen and oxygen atoms in total. The number of nitrogens with one attached hydrogen (secondary N) is 2. The molecule has 2 N–H and O–H groups in total. The van der Waals surface area contributed by atoms with Crippen LogP contribution >= 0.6 is 15.9 Å². The van der Waals surface area contributed by atoms with E-state index in [9.17, 15) is 22.0 Å². The standard InChI is InChI=1S/C16H18BrF2N3O3S/c1-4-9(2)21-26(24,25)11-7-14(22(3)8-11)16(23)20-10-5-12(17)15(19)13(18)6-10/h5-9,21H,4H2,1-3H3,(H,20,23). The number of hydrogen-bond donors (Lipinski definition) is 2. The SMILES string of the molecule is CCC(C)NS(=O)(=O)c1cc(C(=O)Nc2cc(F)c(F)c(Br)c2)n(C)c1. The summed E-state index contributed by atoms with van der Waals surface area (Å²) in [5.74, 6) is -2.84. The Balaban J connectivity index is 2.27. The molecule has 1 heterocycles. The van der Waals surface area contributed by atoms with Crippen LogP contribution in [-0.4, -0.2) is 24.9 Å². The molecule has 10 heteroatoms. The third-order valence-electron chi connectivity index (χ3n) is 3.73. The molecule has 0 aliphatic carbocycles. The number of benzene rings is 1. The number of rotatable bonds is 6. The van der Waals surface area contributed by atoms with Gasteiger partial charge in [0.2, 0.25) is 10.0 Å². The zero-order valence-corrected chi connectivity index (χ0v) is 16.7. The van der Waals surface area contributed by atoms with E-state index in [2.05, 4.69) is 26.0 Å². The molecule has 26 heavy (non-hydrogen) atoms. The van der Waals surface area contributed by atoms with Crippen molar-refractivity contribution in [1.82, 2.24) is 9.29 Å². The van der Waals surface area contributed by atoms with Gasteiger partial charge in [0.15, 0.2) is 11.6 Å². The summed E-state index contributed by atoms with van der Waals surface area (Å²) in [6, 6.07) is 3.01. The number of halogens is 3. The Labute approximate surface area is 158 Å². The van der Waals surface area contributed by atoms with Crippen molar-refractivity contribution < 1.29 is 22.0 Å². The summed E-state index contributed by atoms with van der Waals surface area (Å²) in [5.41, 5.74) is 0.0829. The molecular weight excluding hydrogens is 432 g/mol. The Kier molecular flexibility index (Phi) is 6.20. The maximum absolute atomic E-state index is 13.4. The summed E-state index contributed by atoms with van der Waals surface area (Å²) in [6.07, 6.45) is 1.92. The number of hydrogen-bond acceptors (Lipinski definition) is 3. The zero-order chi connectivity index (χ0) is 19.6. The molecule has 2 aromatic rings. The number of nitrogens with zero attached hydrogens (tertiary/aromatic N) is 1. The second-order valence-corrected chi connectivity index (χ2v) is 8.38. The van der Waals surface area contributed by atoms with E-state index in [1.54, 1.807) is 6.92 Å². The molecule has 0 radical (unpaired) electrons. The molecule has 0 saturated heterocycles. The van der Waals surface area contributed by atoms with Gasteiger partial charge in [0, 0.05) is 31.0 Å². The van der Waals surface area contributed by atoms with Crippen molar-refractivity contribution >= 4 is 37.5 Å². The maximum atomic E-state index is 13.4. The van der Waals surface area contributed by atoms with Crippen molar-refractivity contribution in [3.63, 3.8) is 0 Å². The molecule has 1 atom stereocenters. The molecule has 1 aromatic carbocycles. The van der Waals surface area contributed by atoms with Crippen LogP contribution < -0.4 is 10.0 Å². The first kappa shape index (κ1) is 20.5. The summed E-state index contributed by atoms with van der Waals surface area (Å²) >= 11 is 2.86. The molecule has 142 valence electrons. The van der Waals surface area contributed by atoms with Crippen molar-refractivity contribution in [2.75, 3.05) is 5.32 Å². The number of carbonyl (C=O) groups excluding carboxylic acids is 1. The number of carbonyl (C=O) groups is 1. The second-order valence-electron chi connectivity index (χ2n) is 5.81. The van der Waals surface area contributed by atoms with Gasteiger partial charge in [-0.3, -0.25) is 4.79 Å². The number of aromatic nitrogens is 1. The minimum atomic E-state index is -3.77. The molecule has 0 aliphatic heterocycles. The van der Waals surface area contributed by atoms with Gasteiger partial charge in [-0.15, -0.1) is 0 Å². The summed E-state index contributed by atoms with van der Waals surface area (Å²) in [5, 5.41) is 2.41. The quantitative estimate of drug-likeness (QED) is 0.663. The van der Waals surface area contributed by atoms with E-state index in [0.29, 0.717) is 6.42 Å². The lowest BCUT2D eigenvalue weighted by Gasteiger charge is -2.10. The molecule has 0 fully saturated rings. The molecule has 0 saturated carbocycles. The molecule has 0 spiro atoms. The van der Waals surface area contributed by atoms with Crippen LogP contribution in [0.3, 0.4) is 0 Å². The summed E-state index contributed by atoms with van der Waals surface area (Å²) < 4.78 is 55.1. The maximum Gasteiger partial charge on any atom is 0.272 e. The van der Waals surface area contributed by atoms with Crippen LogP contribution in [0.25, 0.3) is 0 Å². The van der Waals surface area contributed by atoms with Crippen molar-refractivity contribution in [3.05, 3.63) is 46.2 Å². The number of sulfonamides is 1. The minimum Gasteiger partial charge on any atom is -0.345 e. The highest BCUT2D eigenvalue weighted by molar-refractivity contribution is 9.10. The fourth-order valence-corrected chi connectivity index (χ4v) is 3.98. The van der Waals surface area contributed by atoms with Gasteiger partial charge in [0.25, 0.3) is 5.91 Å². The Morgan fingerprint density at radius 3 is 2.54 bits per heavy atom. The van der Waals surface area contributed by atoms with Crippen LogP contribution in [0.15, 0.2) is 33.8 Å². The van der Waals surface area contributed by atoms with E-state index < -0.39 is 27.6 Å². The fourth-order valence-electron chi connectivity index (χ4n) is 2.15. The number of amides is 1. The van der Waals surface area contributed by atoms with Crippen LogP contribution in [-0.2, 0) is 17.1 Å². The van der Waals surface area contributed by atoms with Crippen LogP contribution in [0.4, 0.5) is 14.5 Å². The summed E-state index contributed by atoms with van der Waals surface area (Å²) in [6.45, 7) is 3.58. The van der Waals surface area contributed by atoms with Crippen molar-refractivity contribution in [2.24, 2.45) is 7.05 Å². The smallest absolute Gasteiger partial charge is 0.272 e. The van der Waals surface area contributed by atoms with Gasteiger partial charge in [-0.25, -0.2) is 21.9 Å². The van der Waals surface area contributed by atoms with E-state index in [0.717, 1.165) is 6.07 Å². The molecule has 0 bridgehead atoms. The Morgan fingerprint density at radius 2 is 1.96 bits per heavy atom. The first-order valence-electron chi connectivity index (χ1n) is 7.69. The topological polar surface area (TPSA) is 80.2 Å². The van der Waals surface area contributed by atoms with Gasteiger partial charge >= 0.3 is 0 Å². The highest BCUT2D eigenvalue weighted by atomic mass is 79.9. The monoisotopic (exact) mass is 449 g/mol.